The standard InChI is InChI=1S/C18H23F3N4O4S/c19-18(20,21)15-12(16(27)25-3-5-30(28,29)6-4-25)8-22-17(24-15)23-14-11-2-1-10(7-11)13(14)9-26/h8,10-11,13-14,26H,1-7,9H2,(H,22,23,24)/t10-,11+,13+,14-/m0/s1. The van der Waals surface area contributed by atoms with Crippen LogP contribution < -0.4 is 5.32 Å². The molecule has 3 aliphatic rings. The summed E-state index contributed by atoms with van der Waals surface area (Å²) in [7, 11) is -3.28. The van der Waals surface area contributed by atoms with Gasteiger partial charge in [0.1, 0.15) is 0 Å². The van der Waals surface area contributed by atoms with Crippen molar-refractivity contribution in [1.29, 1.82) is 0 Å². The molecule has 2 aliphatic carbocycles. The number of aliphatic hydroxyl groups excluding tert-OH is 1. The number of anilines is 1. The van der Waals surface area contributed by atoms with E-state index in [1.807, 2.05) is 0 Å². The van der Waals surface area contributed by atoms with E-state index >= 15 is 0 Å². The van der Waals surface area contributed by atoms with Crippen molar-refractivity contribution in [2.24, 2.45) is 17.8 Å². The van der Waals surface area contributed by atoms with Crippen molar-refractivity contribution in [2.45, 2.75) is 31.5 Å². The first-order valence-electron chi connectivity index (χ1n) is 9.90. The lowest BCUT2D eigenvalue weighted by molar-refractivity contribution is -0.141. The average Bonchev–Trinajstić information content (AvgIpc) is 3.28. The summed E-state index contributed by atoms with van der Waals surface area (Å²) >= 11 is 0. The van der Waals surface area contributed by atoms with Gasteiger partial charge >= 0.3 is 6.18 Å². The molecule has 4 atom stereocenters. The Morgan fingerprint density at radius 2 is 1.90 bits per heavy atom. The number of hydrogen-bond acceptors (Lipinski definition) is 7. The number of carbonyl (C=O) groups excluding carboxylic acids is 1. The summed E-state index contributed by atoms with van der Waals surface area (Å²) in [6.45, 7) is -0.386. The Morgan fingerprint density at radius 1 is 1.23 bits per heavy atom. The topological polar surface area (TPSA) is 112 Å². The summed E-state index contributed by atoms with van der Waals surface area (Å²) in [5.74, 6) is -1.19. The number of carbonyl (C=O) groups is 1. The number of alkyl halides is 3. The fourth-order valence-electron chi connectivity index (χ4n) is 4.96. The number of rotatable bonds is 4. The summed E-state index contributed by atoms with van der Waals surface area (Å²) in [5, 5.41) is 12.6. The second-order valence-corrected chi connectivity index (χ2v) is 10.6. The smallest absolute Gasteiger partial charge is 0.396 e. The lowest BCUT2D eigenvalue weighted by Gasteiger charge is -2.31. The fraction of sp³-hybridized carbons (Fsp3) is 0.722. The minimum atomic E-state index is -4.88. The van der Waals surface area contributed by atoms with Gasteiger partial charge in [0.15, 0.2) is 15.5 Å². The normalized spacial score (nSPS) is 30.5. The van der Waals surface area contributed by atoms with Crippen molar-refractivity contribution in [1.82, 2.24) is 14.9 Å². The number of aromatic nitrogens is 2. The van der Waals surface area contributed by atoms with Gasteiger partial charge in [-0.1, -0.05) is 0 Å². The SMILES string of the molecule is O=C(c1cnc(N[C@H]2[C@@H]3CC[C@@H](C3)[C@H]2CO)nc1C(F)(F)F)N1CCS(=O)(=O)CC1. The van der Waals surface area contributed by atoms with Crippen LogP contribution in [-0.4, -0.2) is 71.5 Å². The monoisotopic (exact) mass is 448 g/mol. The Balaban J connectivity index is 1.58. The van der Waals surface area contributed by atoms with E-state index in [0.29, 0.717) is 5.92 Å². The summed E-state index contributed by atoms with van der Waals surface area (Å²) in [5.41, 5.74) is -2.04. The molecular weight excluding hydrogens is 425 g/mol. The van der Waals surface area contributed by atoms with E-state index < -0.39 is 33.2 Å². The highest BCUT2D eigenvalue weighted by atomic mass is 32.2. The summed E-state index contributed by atoms with van der Waals surface area (Å²) < 4.78 is 64.0. The van der Waals surface area contributed by atoms with Crippen LogP contribution in [0.2, 0.25) is 0 Å². The molecule has 1 aliphatic heterocycles. The first-order chi connectivity index (χ1) is 14.1. The molecule has 30 heavy (non-hydrogen) atoms. The minimum absolute atomic E-state index is 0.0562. The molecule has 1 saturated heterocycles. The zero-order valence-corrected chi connectivity index (χ0v) is 16.9. The van der Waals surface area contributed by atoms with Crippen LogP contribution in [0.4, 0.5) is 19.1 Å². The van der Waals surface area contributed by atoms with E-state index in [9.17, 15) is 31.5 Å². The molecule has 1 aromatic rings. The van der Waals surface area contributed by atoms with E-state index in [4.69, 9.17) is 0 Å². The molecule has 2 N–H and O–H groups in total. The van der Waals surface area contributed by atoms with Crippen LogP contribution in [0.15, 0.2) is 6.20 Å². The summed E-state index contributed by atoms with van der Waals surface area (Å²) in [4.78, 5) is 21.3. The van der Waals surface area contributed by atoms with Crippen molar-refractivity contribution in [3.63, 3.8) is 0 Å². The van der Waals surface area contributed by atoms with Crippen molar-refractivity contribution in [2.75, 3.05) is 36.5 Å². The van der Waals surface area contributed by atoms with E-state index in [2.05, 4.69) is 15.3 Å². The third-order valence-electron chi connectivity index (χ3n) is 6.51. The predicted octanol–water partition coefficient (Wildman–Crippen LogP) is 1.18. The van der Waals surface area contributed by atoms with Crippen LogP contribution in [0.25, 0.3) is 0 Å². The van der Waals surface area contributed by atoms with Crippen LogP contribution in [0, 0.1) is 17.8 Å². The predicted molar refractivity (Wildman–Crippen MR) is 100 cm³/mol. The maximum atomic E-state index is 13.7. The van der Waals surface area contributed by atoms with Crippen molar-refractivity contribution in [3.05, 3.63) is 17.5 Å². The Bertz CT molecular complexity index is 926. The minimum Gasteiger partial charge on any atom is -0.396 e. The van der Waals surface area contributed by atoms with Gasteiger partial charge in [-0.2, -0.15) is 13.2 Å². The lowest BCUT2D eigenvalue weighted by atomic mass is 9.85. The van der Waals surface area contributed by atoms with Gasteiger partial charge in [-0.05, 0) is 31.1 Å². The van der Waals surface area contributed by atoms with E-state index in [0.717, 1.165) is 30.4 Å². The highest BCUT2D eigenvalue weighted by molar-refractivity contribution is 7.91. The van der Waals surface area contributed by atoms with Gasteiger partial charge in [0.05, 0.1) is 17.1 Å². The Labute approximate surface area is 171 Å². The van der Waals surface area contributed by atoms with Crippen LogP contribution in [0.3, 0.4) is 0 Å². The molecule has 0 aromatic carbocycles. The molecular formula is C18H23F3N4O4S. The fourth-order valence-corrected chi connectivity index (χ4v) is 6.16. The van der Waals surface area contributed by atoms with Crippen LogP contribution in [0.1, 0.15) is 35.3 Å². The zero-order chi connectivity index (χ0) is 21.7. The van der Waals surface area contributed by atoms with Crippen LogP contribution in [-0.2, 0) is 16.0 Å². The third-order valence-corrected chi connectivity index (χ3v) is 8.12. The average molecular weight is 448 g/mol. The Morgan fingerprint density at radius 3 is 2.53 bits per heavy atom. The molecule has 2 bridgehead atoms. The number of fused-ring (bicyclic) bond motifs is 2. The van der Waals surface area contributed by atoms with Gasteiger partial charge in [-0.15, -0.1) is 0 Å². The van der Waals surface area contributed by atoms with Gasteiger partial charge in [0.25, 0.3) is 5.91 Å². The molecule has 12 heteroatoms. The highest BCUT2D eigenvalue weighted by Crippen LogP contribution is 2.49. The van der Waals surface area contributed by atoms with Gasteiger partial charge in [-0.3, -0.25) is 4.79 Å². The zero-order valence-electron chi connectivity index (χ0n) is 16.1. The first kappa shape index (κ1) is 21.3. The molecule has 166 valence electrons. The largest absolute Gasteiger partial charge is 0.434 e. The second kappa shape index (κ2) is 7.63. The van der Waals surface area contributed by atoms with Crippen LogP contribution in [0.5, 0.6) is 0 Å². The molecule has 0 radical (unpaired) electrons. The molecule has 0 unspecified atom stereocenters. The molecule has 4 rings (SSSR count). The summed E-state index contributed by atoms with van der Waals surface area (Å²) in [6, 6.07) is -0.205. The molecule has 1 amide bonds. The molecule has 8 nitrogen and oxygen atoms in total. The van der Waals surface area contributed by atoms with Gasteiger partial charge in [-0.25, -0.2) is 18.4 Å². The Hall–Kier alpha value is -1.95. The quantitative estimate of drug-likeness (QED) is 0.711. The molecule has 2 heterocycles. The van der Waals surface area contributed by atoms with Gasteiger partial charge in [0.2, 0.25) is 5.95 Å². The number of nitrogens with zero attached hydrogens (tertiary/aromatic N) is 3. The van der Waals surface area contributed by atoms with E-state index in [1.54, 1.807) is 0 Å². The molecule has 0 spiro atoms. The van der Waals surface area contributed by atoms with Crippen LogP contribution >= 0.6 is 0 Å². The van der Waals surface area contributed by atoms with Gasteiger partial charge < -0.3 is 15.3 Å². The Kier molecular flexibility index (Phi) is 5.41. The number of amides is 1. The van der Waals surface area contributed by atoms with Crippen molar-refractivity contribution >= 4 is 21.7 Å². The highest BCUT2D eigenvalue weighted by Gasteiger charge is 2.48. The van der Waals surface area contributed by atoms with E-state index in [1.165, 1.54) is 0 Å². The van der Waals surface area contributed by atoms with Crippen molar-refractivity contribution in [3.8, 4) is 0 Å². The first-order valence-corrected chi connectivity index (χ1v) is 11.7. The molecule has 2 saturated carbocycles. The number of sulfone groups is 1. The number of aliphatic hydroxyl groups is 1. The van der Waals surface area contributed by atoms with Crippen molar-refractivity contribution < 1.29 is 31.5 Å². The second-order valence-electron chi connectivity index (χ2n) is 8.25. The van der Waals surface area contributed by atoms with Gasteiger partial charge in [0, 0.05) is 37.9 Å². The molecule has 3 fully saturated rings. The number of nitrogens with one attached hydrogen (secondary N) is 1. The third kappa shape index (κ3) is 3.98. The maximum absolute atomic E-state index is 13.7. The summed E-state index contributed by atoms with van der Waals surface area (Å²) in [6.07, 6.45) is -1.16. The number of halogens is 3. The number of hydrogen-bond donors (Lipinski definition) is 2. The lowest BCUT2D eigenvalue weighted by Crippen LogP contribution is -2.44. The maximum Gasteiger partial charge on any atom is 0.434 e. The molecule has 1 aromatic heterocycles. The van der Waals surface area contributed by atoms with E-state index in [-0.39, 0.29) is 55.0 Å².